The second kappa shape index (κ2) is 4.88. The fourth-order valence-corrected chi connectivity index (χ4v) is 1.95. The molecule has 0 saturated carbocycles. The lowest BCUT2D eigenvalue weighted by atomic mass is 10.8. The van der Waals surface area contributed by atoms with E-state index in [1.165, 1.54) is 0 Å². The van der Waals surface area contributed by atoms with Crippen LogP contribution in [0.2, 0.25) is 0 Å². The van der Waals surface area contributed by atoms with Gasteiger partial charge in [0.1, 0.15) is 0 Å². The van der Waals surface area contributed by atoms with Gasteiger partial charge in [0, 0.05) is 0 Å². The van der Waals surface area contributed by atoms with Crippen LogP contribution >= 0.6 is 7.60 Å². The van der Waals surface area contributed by atoms with Gasteiger partial charge in [-0.15, -0.1) is 0 Å². The van der Waals surface area contributed by atoms with Gasteiger partial charge in [-0.25, -0.2) is 0 Å². The Labute approximate surface area is 67.6 Å². The third-order valence-corrected chi connectivity index (χ3v) is 3.47. The van der Waals surface area contributed by atoms with E-state index in [2.05, 4.69) is 5.73 Å². The fourth-order valence-electron chi connectivity index (χ4n) is 0.652. The highest BCUT2D eigenvalue weighted by Crippen LogP contribution is 2.49. The zero-order valence-electron chi connectivity index (χ0n) is 7.37. The first-order valence-electron chi connectivity index (χ1n) is 3.78. The molecule has 11 heavy (non-hydrogen) atoms. The monoisotopic (exact) mass is 182 g/mol. The first-order chi connectivity index (χ1) is 5.06. The quantitative estimate of drug-likeness (QED) is 0.641. The molecule has 3 N–H and O–H groups in total. The molecule has 0 bridgehead atoms. The van der Waals surface area contributed by atoms with Crippen molar-refractivity contribution in [3.8, 4) is 0 Å². The van der Waals surface area contributed by atoms with Gasteiger partial charge in [0.25, 0.3) is 0 Å². The molecule has 0 aliphatic heterocycles. The number of hydrogen-bond donors (Lipinski definition) is 1. The van der Waals surface area contributed by atoms with Crippen molar-refractivity contribution in [2.75, 3.05) is 13.2 Å². The van der Waals surface area contributed by atoms with Crippen molar-refractivity contribution >= 4 is 7.60 Å². The molecule has 0 radical (unpaired) electrons. The second-order valence-corrected chi connectivity index (χ2v) is 4.70. The smallest absolute Gasteiger partial charge is 0.345 e. The van der Waals surface area contributed by atoms with Crippen molar-refractivity contribution < 1.29 is 19.3 Å². The topological polar surface area (TPSA) is 63.2 Å². The van der Waals surface area contributed by atoms with Gasteiger partial charge >= 0.3 is 7.60 Å². The summed E-state index contributed by atoms with van der Waals surface area (Å²) in [7, 11) is -2.90. The minimum Gasteiger partial charge on any atom is -0.345 e. The van der Waals surface area contributed by atoms with Crippen LogP contribution in [0.5, 0.6) is 0 Å². The molecular weight excluding hydrogens is 165 g/mol. The van der Waals surface area contributed by atoms with Gasteiger partial charge in [0.2, 0.25) is 0 Å². The summed E-state index contributed by atoms with van der Waals surface area (Å²) in [4.78, 5) is 0. The van der Waals surface area contributed by atoms with Crippen molar-refractivity contribution in [2.45, 2.75) is 26.6 Å². The standard InChI is InChI=1S/C6H16NO3P/c1-4-9-11(8,6(3)7)10-5-2/h6H,4-5,7H2,1-3H3/p+1/t6-/m0/s1. The second-order valence-electron chi connectivity index (χ2n) is 2.22. The summed E-state index contributed by atoms with van der Waals surface area (Å²) >= 11 is 0. The molecule has 5 heteroatoms. The Morgan fingerprint density at radius 3 is 1.91 bits per heavy atom. The molecular formula is C6H17NO3P+. The molecule has 1 atom stereocenters. The molecule has 0 amide bonds. The number of hydrogen-bond acceptors (Lipinski definition) is 3. The van der Waals surface area contributed by atoms with Crippen LogP contribution in [-0.2, 0) is 13.6 Å². The Morgan fingerprint density at radius 1 is 1.36 bits per heavy atom. The van der Waals surface area contributed by atoms with Crippen LogP contribution in [0.1, 0.15) is 20.8 Å². The van der Waals surface area contributed by atoms with E-state index < -0.39 is 7.60 Å². The summed E-state index contributed by atoms with van der Waals surface area (Å²) in [5.41, 5.74) is 3.63. The van der Waals surface area contributed by atoms with Crippen LogP contribution < -0.4 is 5.73 Å². The van der Waals surface area contributed by atoms with Crippen molar-refractivity contribution in [2.24, 2.45) is 0 Å². The molecule has 0 saturated heterocycles. The lowest BCUT2D eigenvalue weighted by Crippen LogP contribution is -2.59. The van der Waals surface area contributed by atoms with Gasteiger partial charge in [-0.3, -0.25) is 4.57 Å². The maximum atomic E-state index is 11.6. The highest BCUT2D eigenvalue weighted by atomic mass is 31.2. The fraction of sp³-hybridized carbons (Fsp3) is 1.00. The van der Waals surface area contributed by atoms with Gasteiger partial charge < -0.3 is 14.8 Å². The molecule has 0 spiro atoms. The molecule has 68 valence electrons. The first-order valence-corrected chi connectivity index (χ1v) is 5.39. The maximum absolute atomic E-state index is 11.6. The van der Waals surface area contributed by atoms with Crippen LogP contribution in [0.3, 0.4) is 0 Å². The van der Waals surface area contributed by atoms with E-state index in [4.69, 9.17) is 9.05 Å². The van der Waals surface area contributed by atoms with Gasteiger partial charge in [0.05, 0.1) is 13.2 Å². The summed E-state index contributed by atoms with van der Waals surface area (Å²) < 4.78 is 21.6. The van der Waals surface area contributed by atoms with Crippen LogP contribution in [0.25, 0.3) is 0 Å². The summed E-state index contributed by atoms with van der Waals surface area (Å²) in [6, 6.07) is 0. The normalized spacial score (nSPS) is 14.9. The largest absolute Gasteiger partial charge is 0.387 e. The van der Waals surface area contributed by atoms with E-state index in [9.17, 15) is 4.57 Å². The Bertz CT molecular complexity index is 139. The van der Waals surface area contributed by atoms with Gasteiger partial charge in [-0.1, -0.05) is 0 Å². The number of quaternary nitrogens is 1. The first kappa shape index (κ1) is 11.1. The molecule has 0 unspecified atom stereocenters. The highest BCUT2D eigenvalue weighted by molar-refractivity contribution is 7.54. The Balaban J connectivity index is 4.14. The Kier molecular flexibility index (Phi) is 4.93. The molecule has 0 heterocycles. The molecule has 0 aliphatic carbocycles. The van der Waals surface area contributed by atoms with Crippen LogP contribution in [0.4, 0.5) is 0 Å². The predicted molar refractivity (Wildman–Crippen MR) is 43.2 cm³/mol. The highest BCUT2D eigenvalue weighted by Gasteiger charge is 2.31. The predicted octanol–water partition coefficient (Wildman–Crippen LogP) is 0.840. The Hall–Kier alpha value is 0.110. The molecule has 0 aromatic heterocycles. The molecule has 0 fully saturated rings. The van der Waals surface area contributed by atoms with Crippen molar-refractivity contribution in [1.82, 2.24) is 0 Å². The minimum atomic E-state index is -2.90. The van der Waals surface area contributed by atoms with Crippen molar-refractivity contribution in [1.29, 1.82) is 0 Å². The maximum Gasteiger partial charge on any atom is 0.387 e. The van der Waals surface area contributed by atoms with Crippen LogP contribution in [0.15, 0.2) is 0 Å². The van der Waals surface area contributed by atoms with E-state index in [1.807, 2.05) is 0 Å². The SMILES string of the molecule is CCOP(=O)(OCC)[C@@H](C)[NH3+]. The third kappa shape index (κ3) is 3.34. The molecule has 4 nitrogen and oxygen atoms in total. The summed E-state index contributed by atoms with van der Waals surface area (Å²) in [5, 5.41) is 0. The Morgan fingerprint density at radius 2 is 1.73 bits per heavy atom. The van der Waals surface area contributed by atoms with Crippen LogP contribution in [0, 0.1) is 0 Å². The molecule has 0 rings (SSSR count). The number of rotatable bonds is 5. The lowest BCUT2D eigenvalue weighted by Gasteiger charge is -2.17. The average molecular weight is 182 g/mol. The zero-order chi connectivity index (χ0) is 8.91. The van der Waals surface area contributed by atoms with Crippen molar-refractivity contribution in [3.05, 3.63) is 0 Å². The summed E-state index contributed by atoms with van der Waals surface area (Å²) in [5.74, 6) is -0.303. The molecule has 0 aliphatic rings. The van der Waals surface area contributed by atoms with Gasteiger partial charge in [-0.05, 0) is 20.8 Å². The van der Waals surface area contributed by atoms with E-state index in [0.29, 0.717) is 13.2 Å². The molecule has 0 aromatic rings. The minimum absolute atomic E-state index is 0.303. The van der Waals surface area contributed by atoms with Gasteiger partial charge in [-0.2, -0.15) is 0 Å². The average Bonchev–Trinajstić information content (AvgIpc) is 1.88. The van der Waals surface area contributed by atoms with Crippen LogP contribution in [-0.4, -0.2) is 19.0 Å². The van der Waals surface area contributed by atoms with E-state index in [0.717, 1.165) is 0 Å². The third-order valence-electron chi connectivity index (χ3n) is 1.16. The van der Waals surface area contributed by atoms with Crippen molar-refractivity contribution in [3.63, 3.8) is 0 Å². The lowest BCUT2D eigenvalue weighted by molar-refractivity contribution is -0.388. The summed E-state index contributed by atoms with van der Waals surface area (Å²) in [6.45, 7) is 6.10. The van der Waals surface area contributed by atoms with E-state index >= 15 is 0 Å². The zero-order valence-corrected chi connectivity index (χ0v) is 8.27. The molecule has 0 aromatic carbocycles. The summed E-state index contributed by atoms with van der Waals surface area (Å²) in [6.07, 6.45) is 0. The van der Waals surface area contributed by atoms with E-state index in [-0.39, 0.29) is 5.78 Å². The van der Waals surface area contributed by atoms with E-state index in [1.54, 1.807) is 20.8 Å². The van der Waals surface area contributed by atoms with Gasteiger partial charge in [0.15, 0.2) is 5.78 Å².